The van der Waals surface area contributed by atoms with Crippen LogP contribution in [0.4, 0.5) is 0 Å². The Morgan fingerprint density at radius 1 is 1.75 bits per heavy atom. The van der Waals surface area contributed by atoms with Crippen molar-refractivity contribution in [2.75, 3.05) is 13.2 Å². The highest BCUT2D eigenvalue weighted by Gasteiger charge is 2.16. The van der Waals surface area contributed by atoms with Crippen molar-refractivity contribution < 1.29 is 14.4 Å². The van der Waals surface area contributed by atoms with Crippen molar-refractivity contribution >= 4 is 5.91 Å². The van der Waals surface area contributed by atoms with Crippen LogP contribution < -0.4 is 5.48 Å². The van der Waals surface area contributed by atoms with Gasteiger partial charge in [0.2, 0.25) is 0 Å². The average molecular weight is 169 g/mol. The van der Waals surface area contributed by atoms with E-state index in [1.807, 2.05) is 0 Å². The van der Waals surface area contributed by atoms with E-state index < -0.39 is 5.91 Å². The second-order valence-corrected chi connectivity index (χ2v) is 2.41. The first kappa shape index (κ1) is 9.04. The number of ether oxygens (including phenoxy) is 1. The van der Waals surface area contributed by atoms with Crippen LogP contribution >= 0.6 is 0 Å². The van der Waals surface area contributed by atoms with Gasteiger partial charge < -0.3 is 4.74 Å². The van der Waals surface area contributed by atoms with E-state index >= 15 is 0 Å². The van der Waals surface area contributed by atoms with Crippen molar-refractivity contribution in [1.82, 2.24) is 5.48 Å². The summed E-state index contributed by atoms with van der Waals surface area (Å²) < 4.78 is 5.04. The summed E-state index contributed by atoms with van der Waals surface area (Å²) >= 11 is 0. The smallest absolute Gasteiger partial charge is 0.319 e. The normalized spacial score (nSPS) is 21.2. The highest BCUT2D eigenvalue weighted by Crippen LogP contribution is 2.05. The summed E-state index contributed by atoms with van der Waals surface area (Å²) in [7, 11) is 0. The molecule has 0 aliphatic carbocycles. The van der Waals surface area contributed by atoms with Gasteiger partial charge in [-0.25, -0.2) is 5.48 Å². The van der Waals surface area contributed by atoms with Crippen molar-refractivity contribution in [2.45, 2.75) is 19.4 Å². The SMILES string of the molecule is CC#CC(=O)NOC1CCOC1. The molecule has 1 saturated heterocycles. The molecule has 0 aromatic rings. The second kappa shape index (κ2) is 4.75. The van der Waals surface area contributed by atoms with Crippen LogP contribution in [0.5, 0.6) is 0 Å². The van der Waals surface area contributed by atoms with E-state index in [2.05, 4.69) is 17.3 Å². The molecule has 1 heterocycles. The fourth-order valence-corrected chi connectivity index (χ4v) is 0.882. The molecule has 1 unspecified atom stereocenters. The van der Waals surface area contributed by atoms with E-state index in [1.165, 1.54) is 0 Å². The maximum atomic E-state index is 10.7. The van der Waals surface area contributed by atoms with E-state index in [4.69, 9.17) is 9.57 Å². The molecule has 66 valence electrons. The zero-order valence-corrected chi connectivity index (χ0v) is 6.92. The molecule has 0 aromatic heterocycles. The molecule has 1 rings (SSSR count). The van der Waals surface area contributed by atoms with Crippen LogP contribution in [0.15, 0.2) is 0 Å². The monoisotopic (exact) mass is 169 g/mol. The molecule has 0 radical (unpaired) electrons. The Labute approximate surface area is 71.2 Å². The fraction of sp³-hybridized carbons (Fsp3) is 0.625. The lowest BCUT2D eigenvalue weighted by molar-refractivity contribution is -0.132. The summed E-state index contributed by atoms with van der Waals surface area (Å²) in [6.45, 7) is 2.83. The van der Waals surface area contributed by atoms with Gasteiger partial charge in [-0.15, -0.1) is 0 Å². The van der Waals surface area contributed by atoms with Gasteiger partial charge in [-0.2, -0.15) is 0 Å². The molecule has 0 saturated carbocycles. The lowest BCUT2D eigenvalue weighted by Gasteiger charge is -2.06. The minimum atomic E-state index is -0.413. The Morgan fingerprint density at radius 2 is 2.58 bits per heavy atom. The summed E-state index contributed by atoms with van der Waals surface area (Å²) in [5, 5.41) is 0. The van der Waals surface area contributed by atoms with Crippen LogP contribution in [0.2, 0.25) is 0 Å². The molecule has 1 N–H and O–H groups in total. The summed E-state index contributed by atoms with van der Waals surface area (Å²) in [6, 6.07) is 0. The van der Waals surface area contributed by atoms with Crippen molar-refractivity contribution in [1.29, 1.82) is 0 Å². The first-order valence-corrected chi connectivity index (χ1v) is 3.79. The van der Waals surface area contributed by atoms with Crippen molar-refractivity contribution in [3.8, 4) is 11.8 Å². The van der Waals surface area contributed by atoms with Gasteiger partial charge in [-0.1, -0.05) is 5.92 Å². The zero-order chi connectivity index (χ0) is 8.81. The van der Waals surface area contributed by atoms with Gasteiger partial charge in [0.05, 0.1) is 6.61 Å². The van der Waals surface area contributed by atoms with Gasteiger partial charge in [0.25, 0.3) is 0 Å². The standard InChI is InChI=1S/C8H11NO3/c1-2-3-8(10)9-12-7-4-5-11-6-7/h7H,4-6H2,1H3,(H,9,10). The van der Waals surface area contributed by atoms with E-state index in [0.29, 0.717) is 13.2 Å². The maximum absolute atomic E-state index is 10.7. The third-order valence-electron chi connectivity index (χ3n) is 1.44. The van der Waals surface area contributed by atoms with Gasteiger partial charge >= 0.3 is 5.91 Å². The third kappa shape index (κ3) is 2.91. The van der Waals surface area contributed by atoms with Crippen LogP contribution in [0.3, 0.4) is 0 Å². The Balaban J connectivity index is 2.14. The van der Waals surface area contributed by atoms with Crippen molar-refractivity contribution in [2.24, 2.45) is 0 Å². The molecule has 1 amide bonds. The number of carbonyl (C=O) groups is 1. The van der Waals surface area contributed by atoms with Gasteiger partial charge in [-0.05, 0) is 12.8 Å². The third-order valence-corrected chi connectivity index (χ3v) is 1.44. The number of nitrogens with one attached hydrogen (secondary N) is 1. The zero-order valence-electron chi connectivity index (χ0n) is 6.92. The molecule has 1 aliphatic rings. The van der Waals surface area contributed by atoms with Crippen LogP contribution in [-0.4, -0.2) is 25.2 Å². The molecule has 0 aromatic carbocycles. The molecule has 1 atom stereocenters. The highest BCUT2D eigenvalue weighted by atomic mass is 16.7. The van der Waals surface area contributed by atoms with Gasteiger partial charge in [-0.3, -0.25) is 9.63 Å². The molecule has 1 aliphatic heterocycles. The van der Waals surface area contributed by atoms with Crippen molar-refractivity contribution in [3.05, 3.63) is 0 Å². The molecular weight excluding hydrogens is 158 g/mol. The molecular formula is C8H11NO3. The van der Waals surface area contributed by atoms with E-state index in [-0.39, 0.29) is 6.10 Å². The van der Waals surface area contributed by atoms with Gasteiger partial charge in [0.1, 0.15) is 6.10 Å². The van der Waals surface area contributed by atoms with Crippen LogP contribution in [0.1, 0.15) is 13.3 Å². The van der Waals surface area contributed by atoms with Gasteiger partial charge in [0.15, 0.2) is 0 Å². The second-order valence-electron chi connectivity index (χ2n) is 2.41. The topological polar surface area (TPSA) is 47.6 Å². The highest BCUT2D eigenvalue weighted by molar-refractivity contribution is 5.92. The minimum Gasteiger partial charge on any atom is -0.379 e. The predicted octanol–water partition coefficient (Wildman–Crippen LogP) is -0.154. The van der Waals surface area contributed by atoms with Crippen LogP contribution in [0, 0.1) is 11.8 Å². The molecule has 0 spiro atoms. The Morgan fingerprint density at radius 3 is 3.17 bits per heavy atom. The molecule has 4 nitrogen and oxygen atoms in total. The first-order chi connectivity index (χ1) is 5.83. The minimum absolute atomic E-state index is 0.0207. The summed E-state index contributed by atoms with van der Waals surface area (Å²) in [5.41, 5.74) is 2.23. The summed E-state index contributed by atoms with van der Waals surface area (Å²) in [4.78, 5) is 15.7. The number of amides is 1. The number of hydroxylamine groups is 1. The predicted molar refractivity (Wildman–Crippen MR) is 41.9 cm³/mol. The van der Waals surface area contributed by atoms with Crippen LogP contribution in [-0.2, 0) is 14.4 Å². The van der Waals surface area contributed by atoms with E-state index in [9.17, 15) is 4.79 Å². The lowest BCUT2D eigenvalue weighted by Crippen LogP contribution is -2.28. The Hall–Kier alpha value is -1.05. The number of hydrogen-bond donors (Lipinski definition) is 1. The lowest BCUT2D eigenvalue weighted by atomic mass is 10.3. The molecule has 0 bridgehead atoms. The molecule has 1 fully saturated rings. The summed E-state index contributed by atoms with van der Waals surface area (Å²) in [5.74, 6) is 4.36. The van der Waals surface area contributed by atoms with Crippen LogP contribution in [0.25, 0.3) is 0 Å². The largest absolute Gasteiger partial charge is 0.379 e. The average Bonchev–Trinajstić information content (AvgIpc) is 2.53. The van der Waals surface area contributed by atoms with E-state index in [0.717, 1.165) is 6.42 Å². The quantitative estimate of drug-likeness (QED) is 0.462. The fourth-order valence-electron chi connectivity index (χ4n) is 0.882. The summed E-state index contributed by atoms with van der Waals surface area (Å²) in [6.07, 6.45) is 0.799. The first-order valence-electron chi connectivity index (χ1n) is 3.79. The van der Waals surface area contributed by atoms with E-state index in [1.54, 1.807) is 6.92 Å². The number of rotatable bonds is 2. The van der Waals surface area contributed by atoms with Crippen molar-refractivity contribution in [3.63, 3.8) is 0 Å². The number of carbonyl (C=O) groups excluding carboxylic acids is 1. The Kier molecular flexibility index (Phi) is 3.58. The molecule has 4 heteroatoms. The van der Waals surface area contributed by atoms with Gasteiger partial charge in [0, 0.05) is 13.0 Å². The molecule has 12 heavy (non-hydrogen) atoms. The Bertz CT molecular complexity index is 210. The number of hydrogen-bond acceptors (Lipinski definition) is 3. The maximum Gasteiger partial charge on any atom is 0.319 e.